The van der Waals surface area contributed by atoms with Gasteiger partial charge in [0.05, 0.1) is 6.10 Å². The van der Waals surface area contributed by atoms with Crippen molar-refractivity contribution in [1.29, 1.82) is 0 Å². The summed E-state index contributed by atoms with van der Waals surface area (Å²) in [5, 5.41) is 10.2. The summed E-state index contributed by atoms with van der Waals surface area (Å²) >= 11 is 0. The molecule has 0 aromatic heterocycles. The van der Waals surface area contributed by atoms with Gasteiger partial charge in [-0.1, -0.05) is 44.9 Å². The van der Waals surface area contributed by atoms with Crippen molar-refractivity contribution in [2.45, 2.75) is 51.7 Å². The molecule has 2 atom stereocenters. The average molecular weight is 234 g/mol. The van der Waals surface area contributed by atoms with Gasteiger partial charge < -0.3 is 9.84 Å². The highest BCUT2D eigenvalue weighted by Crippen LogP contribution is 2.31. The van der Waals surface area contributed by atoms with Crippen LogP contribution in [0.25, 0.3) is 0 Å². The van der Waals surface area contributed by atoms with Crippen LogP contribution in [-0.2, 0) is 6.42 Å². The first-order valence-electron chi connectivity index (χ1n) is 6.67. The molecule has 17 heavy (non-hydrogen) atoms. The van der Waals surface area contributed by atoms with E-state index in [2.05, 4.69) is 19.9 Å². The number of hydrogen-bond donors (Lipinski definition) is 1. The number of para-hydroxylation sites is 1. The lowest BCUT2D eigenvalue weighted by molar-refractivity contribution is 0.0315. The molecule has 1 heterocycles. The van der Waals surface area contributed by atoms with E-state index in [1.54, 1.807) is 0 Å². The lowest BCUT2D eigenvalue weighted by Crippen LogP contribution is -2.31. The Morgan fingerprint density at radius 1 is 1.29 bits per heavy atom. The summed E-state index contributed by atoms with van der Waals surface area (Å²) in [6.45, 7) is 4.37. The van der Waals surface area contributed by atoms with Gasteiger partial charge in [-0.3, -0.25) is 0 Å². The van der Waals surface area contributed by atoms with Gasteiger partial charge in [0.2, 0.25) is 0 Å². The molecular formula is C15H22O2. The monoisotopic (exact) mass is 234 g/mol. The summed E-state index contributed by atoms with van der Waals surface area (Å²) in [5.74, 6) is 1.55. The zero-order valence-corrected chi connectivity index (χ0v) is 10.7. The van der Waals surface area contributed by atoms with Gasteiger partial charge in [-0.2, -0.15) is 0 Å². The van der Waals surface area contributed by atoms with Crippen molar-refractivity contribution in [1.82, 2.24) is 0 Å². The number of benzene rings is 1. The van der Waals surface area contributed by atoms with E-state index in [1.807, 2.05) is 18.2 Å². The standard InChI is InChI=1S/C15H22O2/c1-3-11(4-2)9-13(16)15-10-12-7-5-6-8-14(12)17-15/h5-8,11,13,15-16H,3-4,9-10H2,1-2H3. The summed E-state index contributed by atoms with van der Waals surface area (Å²) in [4.78, 5) is 0. The second-order valence-electron chi connectivity index (χ2n) is 4.95. The summed E-state index contributed by atoms with van der Waals surface area (Å²) in [7, 11) is 0. The molecular weight excluding hydrogens is 212 g/mol. The zero-order chi connectivity index (χ0) is 12.3. The van der Waals surface area contributed by atoms with Crippen LogP contribution in [0.2, 0.25) is 0 Å². The fourth-order valence-corrected chi connectivity index (χ4v) is 2.54. The van der Waals surface area contributed by atoms with Gasteiger partial charge in [0.25, 0.3) is 0 Å². The number of fused-ring (bicyclic) bond motifs is 1. The fourth-order valence-electron chi connectivity index (χ4n) is 2.54. The minimum absolute atomic E-state index is 0.0481. The van der Waals surface area contributed by atoms with E-state index in [0.29, 0.717) is 5.92 Å². The van der Waals surface area contributed by atoms with E-state index in [1.165, 1.54) is 5.56 Å². The number of rotatable bonds is 5. The van der Waals surface area contributed by atoms with Crippen LogP contribution in [0.4, 0.5) is 0 Å². The zero-order valence-electron chi connectivity index (χ0n) is 10.7. The summed E-state index contributed by atoms with van der Waals surface area (Å²) < 4.78 is 5.81. The van der Waals surface area contributed by atoms with Crippen LogP contribution < -0.4 is 4.74 Å². The Bertz CT molecular complexity index is 333. The number of aliphatic hydroxyl groups excluding tert-OH is 1. The third-order valence-corrected chi connectivity index (χ3v) is 3.83. The average Bonchev–Trinajstić information content (AvgIpc) is 2.79. The molecule has 1 aromatic carbocycles. The Morgan fingerprint density at radius 3 is 2.65 bits per heavy atom. The van der Waals surface area contributed by atoms with Crippen molar-refractivity contribution in [3.8, 4) is 5.75 Å². The van der Waals surface area contributed by atoms with Gasteiger partial charge in [0, 0.05) is 6.42 Å². The SMILES string of the molecule is CCC(CC)CC(O)C1Cc2ccccc2O1. The highest BCUT2D eigenvalue weighted by atomic mass is 16.5. The van der Waals surface area contributed by atoms with E-state index in [0.717, 1.165) is 31.4 Å². The third kappa shape index (κ3) is 2.81. The molecule has 1 N–H and O–H groups in total. The predicted molar refractivity (Wildman–Crippen MR) is 69.3 cm³/mol. The van der Waals surface area contributed by atoms with E-state index in [4.69, 9.17) is 4.74 Å². The molecule has 2 heteroatoms. The number of aliphatic hydroxyl groups is 1. The molecule has 1 aliphatic heterocycles. The Morgan fingerprint density at radius 2 is 2.00 bits per heavy atom. The summed E-state index contributed by atoms with van der Waals surface area (Å²) in [6, 6.07) is 8.07. The van der Waals surface area contributed by atoms with Gasteiger partial charge in [-0.25, -0.2) is 0 Å². The van der Waals surface area contributed by atoms with Crippen LogP contribution in [0, 0.1) is 5.92 Å². The molecule has 0 amide bonds. The van der Waals surface area contributed by atoms with Crippen LogP contribution >= 0.6 is 0 Å². The normalized spacial score (nSPS) is 20.1. The first-order chi connectivity index (χ1) is 8.24. The molecule has 2 rings (SSSR count). The van der Waals surface area contributed by atoms with E-state index in [-0.39, 0.29) is 12.2 Å². The van der Waals surface area contributed by atoms with Crippen molar-refractivity contribution >= 4 is 0 Å². The quantitative estimate of drug-likeness (QED) is 0.848. The smallest absolute Gasteiger partial charge is 0.129 e. The molecule has 0 radical (unpaired) electrons. The van der Waals surface area contributed by atoms with Crippen LogP contribution in [-0.4, -0.2) is 17.3 Å². The maximum atomic E-state index is 10.2. The second-order valence-corrected chi connectivity index (χ2v) is 4.95. The minimum Gasteiger partial charge on any atom is -0.487 e. The van der Waals surface area contributed by atoms with Crippen molar-refractivity contribution in [3.63, 3.8) is 0 Å². The Balaban J connectivity index is 1.93. The molecule has 0 spiro atoms. The van der Waals surface area contributed by atoms with Gasteiger partial charge in [-0.15, -0.1) is 0 Å². The Labute approximate surface area is 104 Å². The van der Waals surface area contributed by atoms with Crippen molar-refractivity contribution in [3.05, 3.63) is 29.8 Å². The highest BCUT2D eigenvalue weighted by Gasteiger charge is 2.29. The Kier molecular flexibility index (Phi) is 4.06. The van der Waals surface area contributed by atoms with Gasteiger partial charge >= 0.3 is 0 Å². The molecule has 0 bridgehead atoms. The lowest BCUT2D eigenvalue weighted by Gasteiger charge is -2.22. The van der Waals surface area contributed by atoms with Crippen LogP contribution in [0.3, 0.4) is 0 Å². The van der Waals surface area contributed by atoms with E-state index in [9.17, 15) is 5.11 Å². The first-order valence-corrected chi connectivity index (χ1v) is 6.67. The third-order valence-electron chi connectivity index (χ3n) is 3.83. The van der Waals surface area contributed by atoms with Gasteiger partial charge in [0.1, 0.15) is 11.9 Å². The van der Waals surface area contributed by atoms with E-state index >= 15 is 0 Å². The molecule has 1 aromatic rings. The molecule has 0 saturated carbocycles. The first kappa shape index (κ1) is 12.4. The largest absolute Gasteiger partial charge is 0.487 e. The van der Waals surface area contributed by atoms with E-state index < -0.39 is 0 Å². The van der Waals surface area contributed by atoms with Crippen LogP contribution in [0.15, 0.2) is 24.3 Å². The number of hydrogen-bond acceptors (Lipinski definition) is 2. The maximum absolute atomic E-state index is 10.2. The molecule has 94 valence electrons. The summed E-state index contributed by atoms with van der Waals surface area (Å²) in [5.41, 5.74) is 1.22. The maximum Gasteiger partial charge on any atom is 0.129 e. The molecule has 0 aliphatic carbocycles. The molecule has 0 fully saturated rings. The molecule has 2 unspecified atom stereocenters. The molecule has 1 aliphatic rings. The highest BCUT2D eigenvalue weighted by molar-refractivity contribution is 5.37. The fraction of sp³-hybridized carbons (Fsp3) is 0.600. The topological polar surface area (TPSA) is 29.5 Å². The summed E-state index contributed by atoms with van der Waals surface area (Å²) in [6.07, 6.45) is 3.57. The van der Waals surface area contributed by atoms with Crippen LogP contribution in [0.5, 0.6) is 5.75 Å². The second kappa shape index (κ2) is 5.54. The molecule has 0 saturated heterocycles. The Hall–Kier alpha value is -1.02. The predicted octanol–water partition coefficient (Wildman–Crippen LogP) is 3.18. The minimum atomic E-state index is -0.340. The van der Waals surface area contributed by atoms with Gasteiger partial charge in [0.15, 0.2) is 0 Å². The van der Waals surface area contributed by atoms with Crippen molar-refractivity contribution < 1.29 is 9.84 Å². The molecule has 2 nitrogen and oxygen atoms in total. The lowest BCUT2D eigenvalue weighted by atomic mass is 9.92. The van der Waals surface area contributed by atoms with Crippen LogP contribution in [0.1, 0.15) is 38.7 Å². The van der Waals surface area contributed by atoms with Gasteiger partial charge in [-0.05, 0) is 24.0 Å². The van der Waals surface area contributed by atoms with Crippen molar-refractivity contribution in [2.24, 2.45) is 5.92 Å². The van der Waals surface area contributed by atoms with Crippen molar-refractivity contribution in [2.75, 3.05) is 0 Å². The number of ether oxygens (including phenoxy) is 1.